The zero-order valence-electron chi connectivity index (χ0n) is 12.2. The summed E-state index contributed by atoms with van der Waals surface area (Å²) in [5.41, 5.74) is 4.21. The van der Waals surface area contributed by atoms with E-state index in [4.69, 9.17) is 0 Å². The van der Waals surface area contributed by atoms with E-state index in [1.54, 1.807) is 16.9 Å². The first-order valence-electron chi connectivity index (χ1n) is 7.45. The molecule has 1 atom stereocenters. The number of rotatable bonds is 5. The molecule has 106 valence electrons. The number of nitrogens with one attached hydrogen (secondary N) is 1. The van der Waals surface area contributed by atoms with Crippen LogP contribution in [0, 0.1) is 6.92 Å². The van der Waals surface area contributed by atoms with Gasteiger partial charge in [-0.25, -0.2) is 4.98 Å². The number of hydrogen-bond donors (Lipinski definition) is 1. The third-order valence-electron chi connectivity index (χ3n) is 4.34. The predicted molar refractivity (Wildman–Crippen MR) is 85.4 cm³/mol. The second-order valence-electron chi connectivity index (χ2n) is 5.66. The van der Waals surface area contributed by atoms with Crippen LogP contribution in [0.5, 0.6) is 0 Å². The van der Waals surface area contributed by atoms with E-state index in [2.05, 4.69) is 53.9 Å². The van der Waals surface area contributed by atoms with Gasteiger partial charge in [-0.05, 0) is 43.9 Å². The Morgan fingerprint density at radius 1 is 1.35 bits per heavy atom. The Bertz CT molecular complexity index is 572. The monoisotopic (exact) mass is 286 g/mol. The Morgan fingerprint density at radius 3 is 2.75 bits per heavy atom. The van der Waals surface area contributed by atoms with Gasteiger partial charge in [-0.3, -0.25) is 0 Å². The first kappa shape index (κ1) is 13.8. The summed E-state index contributed by atoms with van der Waals surface area (Å²) in [6, 6.07) is 9.31. The Kier molecular flexibility index (Phi) is 4.18. The van der Waals surface area contributed by atoms with Crippen molar-refractivity contribution in [2.45, 2.75) is 44.6 Å². The van der Waals surface area contributed by atoms with Gasteiger partial charge in [-0.15, -0.1) is 11.3 Å². The SMILES string of the molecule is CNC(Cc1csc(C)n1)c1ccccc1C1CCC1. The topological polar surface area (TPSA) is 24.9 Å². The fourth-order valence-corrected chi connectivity index (χ4v) is 3.62. The summed E-state index contributed by atoms with van der Waals surface area (Å²) < 4.78 is 0. The molecule has 1 aromatic heterocycles. The van der Waals surface area contributed by atoms with Gasteiger partial charge in [0, 0.05) is 17.8 Å². The summed E-state index contributed by atoms with van der Waals surface area (Å²) in [5.74, 6) is 0.777. The second kappa shape index (κ2) is 6.06. The van der Waals surface area contributed by atoms with E-state index < -0.39 is 0 Å². The maximum absolute atomic E-state index is 4.61. The smallest absolute Gasteiger partial charge is 0.0897 e. The molecule has 3 rings (SSSR count). The lowest BCUT2D eigenvalue weighted by Crippen LogP contribution is -2.22. The van der Waals surface area contributed by atoms with Crippen molar-refractivity contribution in [1.29, 1.82) is 0 Å². The minimum Gasteiger partial charge on any atom is -0.313 e. The third kappa shape index (κ3) is 2.79. The van der Waals surface area contributed by atoms with Crippen molar-refractivity contribution in [1.82, 2.24) is 10.3 Å². The van der Waals surface area contributed by atoms with E-state index in [1.165, 1.54) is 30.5 Å². The van der Waals surface area contributed by atoms with Crippen LogP contribution < -0.4 is 5.32 Å². The van der Waals surface area contributed by atoms with Crippen LogP contribution in [0.1, 0.15) is 53.1 Å². The first-order valence-corrected chi connectivity index (χ1v) is 8.33. The molecule has 1 fully saturated rings. The zero-order chi connectivity index (χ0) is 13.9. The number of nitrogens with zero attached hydrogens (tertiary/aromatic N) is 1. The molecule has 1 unspecified atom stereocenters. The van der Waals surface area contributed by atoms with Crippen LogP contribution in [0.3, 0.4) is 0 Å². The van der Waals surface area contributed by atoms with Crippen LogP contribution in [0.2, 0.25) is 0 Å². The Morgan fingerprint density at radius 2 is 2.15 bits per heavy atom. The molecule has 3 heteroatoms. The lowest BCUT2D eigenvalue weighted by molar-refractivity contribution is 0.412. The second-order valence-corrected chi connectivity index (χ2v) is 6.72. The third-order valence-corrected chi connectivity index (χ3v) is 5.17. The normalized spacial score (nSPS) is 16.9. The van der Waals surface area contributed by atoms with Crippen LogP contribution in [0.25, 0.3) is 0 Å². The maximum Gasteiger partial charge on any atom is 0.0897 e. The number of benzene rings is 1. The van der Waals surface area contributed by atoms with Gasteiger partial charge in [0.15, 0.2) is 0 Å². The number of likely N-dealkylation sites (N-methyl/N-ethyl adjacent to an activating group) is 1. The van der Waals surface area contributed by atoms with E-state index in [-0.39, 0.29) is 0 Å². The molecule has 1 heterocycles. The van der Waals surface area contributed by atoms with E-state index in [9.17, 15) is 0 Å². The molecule has 0 spiro atoms. The lowest BCUT2D eigenvalue weighted by atomic mass is 9.77. The van der Waals surface area contributed by atoms with Crippen molar-refractivity contribution >= 4 is 11.3 Å². The largest absolute Gasteiger partial charge is 0.313 e. The van der Waals surface area contributed by atoms with Crippen LogP contribution in [-0.4, -0.2) is 12.0 Å². The highest BCUT2D eigenvalue weighted by molar-refractivity contribution is 7.09. The van der Waals surface area contributed by atoms with Gasteiger partial charge in [0.25, 0.3) is 0 Å². The molecule has 0 bridgehead atoms. The summed E-state index contributed by atoms with van der Waals surface area (Å²) in [4.78, 5) is 4.61. The van der Waals surface area contributed by atoms with Gasteiger partial charge in [-0.1, -0.05) is 30.7 Å². The first-order chi connectivity index (χ1) is 9.78. The minimum absolute atomic E-state index is 0.369. The molecular weight excluding hydrogens is 264 g/mol. The molecule has 0 amide bonds. The predicted octanol–water partition coefficient (Wildman–Crippen LogP) is 4.22. The van der Waals surface area contributed by atoms with Gasteiger partial charge in [-0.2, -0.15) is 0 Å². The molecule has 1 aliphatic rings. The van der Waals surface area contributed by atoms with Crippen molar-refractivity contribution in [2.24, 2.45) is 0 Å². The fraction of sp³-hybridized carbons (Fsp3) is 0.471. The van der Waals surface area contributed by atoms with Gasteiger partial charge in [0.1, 0.15) is 0 Å². The minimum atomic E-state index is 0.369. The van der Waals surface area contributed by atoms with E-state index in [1.807, 2.05) is 0 Å². The zero-order valence-corrected chi connectivity index (χ0v) is 13.0. The number of thiazole rings is 1. The van der Waals surface area contributed by atoms with Gasteiger partial charge < -0.3 is 5.32 Å². The molecule has 0 aliphatic heterocycles. The van der Waals surface area contributed by atoms with Crippen molar-refractivity contribution < 1.29 is 0 Å². The molecular formula is C17H22N2S. The van der Waals surface area contributed by atoms with Crippen LogP contribution in [-0.2, 0) is 6.42 Å². The summed E-state index contributed by atoms with van der Waals surface area (Å²) in [5, 5.41) is 6.83. The molecule has 1 saturated carbocycles. The number of aromatic nitrogens is 1. The molecule has 1 aromatic carbocycles. The highest BCUT2D eigenvalue weighted by Crippen LogP contribution is 2.39. The Hall–Kier alpha value is -1.19. The Labute approximate surface area is 125 Å². The summed E-state index contributed by atoms with van der Waals surface area (Å²) in [6.45, 7) is 2.07. The van der Waals surface area contributed by atoms with Crippen molar-refractivity contribution in [3.05, 3.63) is 51.5 Å². The Balaban J connectivity index is 1.85. The molecule has 2 nitrogen and oxygen atoms in total. The van der Waals surface area contributed by atoms with Gasteiger partial charge >= 0.3 is 0 Å². The average Bonchev–Trinajstić information content (AvgIpc) is 2.80. The van der Waals surface area contributed by atoms with E-state index in [0.29, 0.717) is 6.04 Å². The molecule has 0 radical (unpaired) electrons. The summed E-state index contributed by atoms with van der Waals surface area (Å²) in [7, 11) is 2.06. The standard InChI is InChI=1S/C17H22N2S/c1-12-19-14(11-20-12)10-17(18-2)16-9-4-3-8-15(16)13-6-5-7-13/h3-4,8-9,11,13,17-18H,5-7,10H2,1-2H3. The van der Waals surface area contributed by atoms with E-state index in [0.717, 1.165) is 17.3 Å². The molecule has 1 N–H and O–H groups in total. The van der Waals surface area contributed by atoms with Crippen molar-refractivity contribution in [3.8, 4) is 0 Å². The summed E-state index contributed by atoms with van der Waals surface area (Å²) in [6.07, 6.45) is 5.06. The van der Waals surface area contributed by atoms with Gasteiger partial charge in [0.2, 0.25) is 0 Å². The fourth-order valence-electron chi connectivity index (χ4n) is 3.00. The highest BCUT2D eigenvalue weighted by Gasteiger charge is 2.24. The number of hydrogen-bond acceptors (Lipinski definition) is 3. The van der Waals surface area contributed by atoms with Crippen molar-refractivity contribution in [3.63, 3.8) is 0 Å². The molecule has 2 aromatic rings. The van der Waals surface area contributed by atoms with Crippen LogP contribution >= 0.6 is 11.3 Å². The molecule has 1 aliphatic carbocycles. The number of aryl methyl sites for hydroxylation is 1. The molecule has 0 saturated heterocycles. The average molecular weight is 286 g/mol. The van der Waals surface area contributed by atoms with Gasteiger partial charge in [0.05, 0.1) is 10.7 Å². The maximum atomic E-state index is 4.61. The lowest BCUT2D eigenvalue weighted by Gasteiger charge is -2.30. The molecule has 20 heavy (non-hydrogen) atoms. The van der Waals surface area contributed by atoms with E-state index >= 15 is 0 Å². The van der Waals surface area contributed by atoms with Crippen LogP contribution in [0.15, 0.2) is 29.6 Å². The van der Waals surface area contributed by atoms with Crippen LogP contribution in [0.4, 0.5) is 0 Å². The summed E-state index contributed by atoms with van der Waals surface area (Å²) >= 11 is 1.74. The highest BCUT2D eigenvalue weighted by atomic mass is 32.1. The quantitative estimate of drug-likeness (QED) is 0.890. The van der Waals surface area contributed by atoms with Crippen molar-refractivity contribution in [2.75, 3.05) is 7.05 Å².